The van der Waals surface area contributed by atoms with Gasteiger partial charge in [0.05, 0.1) is 5.75 Å². The number of rotatable bonds is 6. The summed E-state index contributed by atoms with van der Waals surface area (Å²) in [6, 6.07) is 14.7. The molecule has 0 aliphatic carbocycles. The predicted octanol–water partition coefficient (Wildman–Crippen LogP) is 3.40. The maximum Gasteiger partial charge on any atom is 0.321 e. The molecule has 0 atom stereocenters. The zero-order chi connectivity index (χ0) is 20.8. The number of amides is 3. The summed E-state index contributed by atoms with van der Waals surface area (Å²) < 4.78 is 15.1. The second-order valence-electron chi connectivity index (χ2n) is 6.45. The number of nitrogens with one attached hydrogen (secondary N) is 2. The van der Waals surface area contributed by atoms with Gasteiger partial charge in [-0.3, -0.25) is 14.7 Å². The van der Waals surface area contributed by atoms with Gasteiger partial charge in [-0.1, -0.05) is 42.1 Å². The van der Waals surface area contributed by atoms with E-state index in [1.54, 1.807) is 30.5 Å². The minimum atomic E-state index is -0.546. The van der Waals surface area contributed by atoms with Crippen LogP contribution in [-0.2, 0) is 4.79 Å². The van der Waals surface area contributed by atoms with E-state index in [4.69, 9.17) is 0 Å². The lowest BCUT2D eigenvalue weighted by Gasteiger charge is -2.11. The summed E-state index contributed by atoms with van der Waals surface area (Å²) in [6.45, 7) is 3.60. The zero-order valence-electron chi connectivity index (χ0n) is 15.9. The Morgan fingerprint density at radius 1 is 1.07 bits per heavy atom. The molecule has 0 spiro atoms. The third-order valence-electron chi connectivity index (χ3n) is 3.76. The predicted molar refractivity (Wildman–Crippen MR) is 109 cm³/mol. The summed E-state index contributed by atoms with van der Waals surface area (Å²) in [5.74, 6) is -0.270. The molecule has 2 aromatic carbocycles. The monoisotopic (exact) mass is 413 g/mol. The van der Waals surface area contributed by atoms with Crippen LogP contribution in [0.2, 0.25) is 0 Å². The van der Waals surface area contributed by atoms with E-state index in [2.05, 4.69) is 20.8 Å². The first kappa shape index (κ1) is 20.5. The summed E-state index contributed by atoms with van der Waals surface area (Å²) in [4.78, 5) is 23.7. The fourth-order valence-corrected chi connectivity index (χ4v) is 3.30. The second kappa shape index (κ2) is 9.33. The number of carbonyl (C=O) groups is 2. The fourth-order valence-electron chi connectivity index (χ4n) is 2.55. The van der Waals surface area contributed by atoms with Crippen LogP contribution in [0.5, 0.6) is 0 Å². The number of benzene rings is 2. The molecule has 1 heterocycles. The molecular formula is C20H20FN5O2S. The summed E-state index contributed by atoms with van der Waals surface area (Å²) in [5.41, 5.74) is 1.49. The molecule has 29 heavy (non-hydrogen) atoms. The van der Waals surface area contributed by atoms with Crippen LogP contribution in [0, 0.1) is 5.82 Å². The zero-order valence-corrected chi connectivity index (χ0v) is 16.7. The smallest absolute Gasteiger partial charge is 0.321 e. The Morgan fingerprint density at radius 2 is 1.76 bits per heavy atom. The topological polar surface area (TPSA) is 88.9 Å². The number of hydrogen-bond donors (Lipinski definition) is 2. The SMILES string of the molecule is CC(C)NC(=O)NC(=O)CSc1nnc(-c2ccccc2)n1-c1ccc(F)cc1. The first-order valence-corrected chi connectivity index (χ1v) is 9.92. The second-order valence-corrected chi connectivity index (χ2v) is 7.39. The van der Waals surface area contributed by atoms with Crippen molar-refractivity contribution in [3.63, 3.8) is 0 Å². The van der Waals surface area contributed by atoms with Gasteiger partial charge in [-0.15, -0.1) is 10.2 Å². The average molecular weight is 413 g/mol. The Hall–Kier alpha value is -3.20. The van der Waals surface area contributed by atoms with Crippen LogP contribution >= 0.6 is 11.8 Å². The van der Waals surface area contributed by atoms with Crippen LogP contribution in [0.15, 0.2) is 59.8 Å². The van der Waals surface area contributed by atoms with Gasteiger partial charge >= 0.3 is 6.03 Å². The molecule has 0 radical (unpaired) electrons. The molecule has 2 N–H and O–H groups in total. The van der Waals surface area contributed by atoms with E-state index in [0.29, 0.717) is 16.7 Å². The van der Waals surface area contributed by atoms with Gasteiger partial charge in [0.2, 0.25) is 5.91 Å². The third kappa shape index (κ3) is 5.41. The number of carbonyl (C=O) groups excluding carboxylic acids is 2. The number of urea groups is 1. The van der Waals surface area contributed by atoms with E-state index in [1.165, 1.54) is 12.1 Å². The molecular weight excluding hydrogens is 393 g/mol. The highest BCUT2D eigenvalue weighted by atomic mass is 32.2. The molecule has 0 bridgehead atoms. The standard InChI is InChI=1S/C20H20FN5O2S/c1-13(2)22-19(28)23-17(27)12-29-20-25-24-18(14-6-4-3-5-7-14)26(20)16-10-8-15(21)9-11-16/h3-11,13H,12H2,1-2H3,(H2,22,23,27,28). The number of aromatic nitrogens is 3. The molecule has 3 amide bonds. The summed E-state index contributed by atoms with van der Waals surface area (Å²) in [5, 5.41) is 13.8. The van der Waals surface area contributed by atoms with Crippen LogP contribution in [0.25, 0.3) is 17.1 Å². The molecule has 0 saturated carbocycles. The van der Waals surface area contributed by atoms with Gasteiger partial charge in [0.25, 0.3) is 0 Å². The number of thioether (sulfide) groups is 1. The molecule has 0 fully saturated rings. The van der Waals surface area contributed by atoms with Crippen LogP contribution in [0.4, 0.5) is 9.18 Å². The normalized spacial score (nSPS) is 10.8. The highest BCUT2D eigenvalue weighted by Gasteiger charge is 2.18. The molecule has 7 nitrogen and oxygen atoms in total. The van der Waals surface area contributed by atoms with Crippen LogP contribution in [0.1, 0.15) is 13.8 Å². The van der Waals surface area contributed by atoms with Crippen molar-refractivity contribution >= 4 is 23.7 Å². The Kier molecular flexibility index (Phi) is 6.61. The highest BCUT2D eigenvalue weighted by molar-refractivity contribution is 7.99. The van der Waals surface area contributed by atoms with Gasteiger partial charge < -0.3 is 5.32 Å². The number of nitrogens with zero attached hydrogens (tertiary/aromatic N) is 3. The lowest BCUT2D eigenvalue weighted by atomic mass is 10.2. The third-order valence-corrected chi connectivity index (χ3v) is 4.68. The van der Waals surface area contributed by atoms with Crippen molar-refractivity contribution < 1.29 is 14.0 Å². The Morgan fingerprint density at radius 3 is 2.41 bits per heavy atom. The van der Waals surface area contributed by atoms with Gasteiger partial charge in [0, 0.05) is 17.3 Å². The molecule has 0 saturated heterocycles. The molecule has 0 aliphatic heterocycles. The van der Waals surface area contributed by atoms with E-state index < -0.39 is 11.9 Å². The lowest BCUT2D eigenvalue weighted by molar-refractivity contribution is -0.117. The van der Waals surface area contributed by atoms with Crippen LogP contribution < -0.4 is 10.6 Å². The van der Waals surface area contributed by atoms with Gasteiger partial charge in [-0.25, -0.2) is 9.18 Å². The van der Waals surface area contributed by atoms with Crippen molar-refractivity contribution in [3.05, 3.63) is 60.4 Å². The van der Waals surface area contributed by atoms with Crippen molar-refractivity contribution in [2.75, 3.05) is 5.75 Å². The summed E-state index contributed by atoms with van der Waals surface area (Å²) in [6.07, 6.45) is 0. The van der Waals surface area contributed by atoms with Crippen molar-refractivity contribution in [2.45, 2.75) is 25.0 Å². The first-order chi connectivity index (χ1) is 13.9. The molecule has 9 heteroatoms. The summed E-state index contributed by atoms with van der Waals surface area (Å²) in [7, 11) is 0. The Bertz CT molecular complexity index is 990. The fraction of sp³-hybridized carbons (Fsp3) is 0.200. The van der Waals surface area contributed by atoms with E-state index in [9.17, 15) is 14.0 Å². The van der Waals surface area contributed by atoms with Crippen molar-refractivity contribution in [2.24, 2.45) is 0 Å². The van der Waals surface area contributed by atoms with Crippen LogP contribution in [0.3, 0.4) is 0 Å². The maximum absolute atomic E-state index is 13.4. The van der Waals surface area contributed by atoms with Gasteiger partial charge in [-0.2, -0.15) is 0 Å². The van der Waals surface area contributed by atoms with E-state index >= 15 is 0 Å². The molecule has 3 aromatic rings. The number of imide groups is 1. The molecule has 3 rings (SSSR count). The molecule has 150 valence electrons. The Labute approximate surface area is 171 Å². The van der Waals surface area contributed by atoms with Crippen molar-refractivity contribution in [1.29, 1.82) is 0 Å². The number of halogens is 1. The Balaban J connectivity index is 1.83. The van der Waals surface area contributed by atoms with Crippen LogP contribution in [-0.4, -0.2) is 38.5 Å². The van der Waals surface area contributed by atoms with Crippen molar-refractivity contribution in [3.8, 4) is 17.1 Å². The van der Waals surface area contributed by atoms with Gasteiger partial charge in [-0.05, 0) is 38.1 Å². The van der Waals surface area contributed by atoms with Gasteiger partial charge in [0.15, 0.2) is 11.0 Å². The highest BCUT2D eigenvalue weighted by Crippen LogP contribution is 2.27. The first-order valence-electron chi connectivity index (χ1n) is 8.94. The minimum absolute atomic E-state index is 0.0281. The molecule has 1 aromatic heterocycles. The quantitative estimate of drug-likeness (QED) is 0.605. The number of hydrogen-bond acceptors (Lipinski definition) is 5. The maximum atomic E-state index is 13.4. The van der Waals surface area contributed by atoms with Gasteiger partial charge in [0.1, 0.15) is 5.82 Å². The van der Waals surface area contributed by atoms with E-state index in [0.717, 1.165) is 17.3 Å². The molecule has 0 aliphatic rings. The summed E-state index contributed by atoms with van der Waals surface area (Å²) >= 11 is 1.13. The van der Waals surface area contributed by atoms with Crippen molar-refractivity contribution in [1.82, 2.24) is 25.4 Å². The molecule has 0 unspecified atom stereocenters. The largest absolute Gasteiger partial charge is 0.336 e. The lowest BCUT2D eigenvalue weighted by Crippen LogP contribution is -2.43. The van der Waals surface area contributed by atoms with E-state index in [-0.39, 0.29) is 17.6 Å². The minimum Gasteiger partial charge on any atom is -0.336 e. The average Bonchev–Trinajstić information content (AvgIpc) is 3.11. The van der Waals surface area contributed by atoms with E-state index in [1.807, 2.05) is 30.3 Å².